The van der Waals surface area contributed by atoms with E-state index in [1.54, 1.807) is 11.1 Å². The highest BCUT2D eigenvalue weighted by molar-refractivity contribution is 5.55. The van der Waals surface area contributed by atoms with Crippen LogP contribution >= 0.6 is 0 Å². The third-order valence-corrected chi connectivity index (χ3v) is 5.32. The minimum atomic E-state index is 0.705. The van der Waals surface area contributed by atoms with Gasteiger partial charge in [0.05, 0.1) is 0 Å². The molecule has 1 aromatic rings. The highest BCUT2D eigenvalue weighted by atomic mass is 15.2. The number of aryl methyl sites for hydroxylation is 2. The first-order chi connectivity index (χ1) is 10.8. The number of nitrogens with zero attached hydrogens (tertiary/aromatic N) is 1. The van der Waals surface area contributed by atoms with Crippen molar-refractivity contribution in [3.05, 3.63) is 53.2 Å². The Labute approximate surface area is 135 Å². The fraction of sp³-hybridized carbons (Fsp3) is 0.524. The Hall–Kier alpha value is -1.50. The molecule has 0 spiro atoms. The van der Waals surface area contributed by atoms with Crippen LogP contribution in [0.5, 0.6) is 0 Å². The average Bonchev–Trinajstić information content (AvgIpc) is 3.02. The largest absolute Gasteiger partial charge is 0.369 e. The molecule has 0 radical (unpaired) electrons. The van der Waals surface area contributed by atoms with E-state index in [1.807, 2.05) is 0 Å². The molecule has 0 amide bonds. The molecule has 0 saturated heterocycles. The topological polar surface area (TPSA) is 3.24 Å². The molecule has 1 nitrogen and oxygen atoms in total. The summed E-state index contributed by atoms with van der Waals surface area (Å²) in [6.07, 6.45) is 15.1. The van der Waals surface area contributed by atoms with Crippen molar-refractivity contribution >= 4 is 6.08 Å². The van der Waals surface area contributed by atoms with Crippen LogP contribution in [0, 0.1) is 0 Å². The van der Waals surface area contributed by atoms with E-state index < -0.39 is 0 Å². The molecule has 3 rings (SSSR count). The molecule has 2 aliphatic rings. The lowest BCUT2D eigenvalue weighted by atomic mass is 9.94. The summed E-state index contributed by atoms with van der Waals surface area (Å²) in [5, 5.41) is 0. The molecule has 1 saturated carbocycles. The van der Waals surface area contributed by atoms with E-state index in [0.29, 0.717) is 6.04 Å². The van der Waals surface area contributed by atoms with Gasteiger partial charge in [-0.25, -0.2) is 0 Å². The molecule has 0 aliphatic heterocycles. The van der Waals surface area contributed by atoms with Crippen LogP contribution in [0.3, 0.4) is 0 Å². The molecule has 0 atom stereocenters. The zero-order chi connectivity index (χ0) is 15.4. The van der Waals surface area contributed by atoms with Crippen LogP contribution in [0.1, 0.15) is 62.1 Å². The van der Waals surface area contributed by atoms with Crippen LogP contribution in [-0.4, -0.2) is 17.5 Å². The molecule has 0 unspecified atom stereocenters. The zero-order valence-corrected chi connectivity index (χ0v) is 14.0. The van der Waals surface area contributed by atoms with Crippen LogP contribution in [0.25, 0.3) is 6.08 Å². The van der Waals surface area contributed by atoms with E-state index in [9.17, 15) is 0 Å². The van der Waals surface area contributed by atoms with E-state index in [0.717, 1.165) is 6.54 Å². The van der Waals surface area contributed by atoms with Gasteiger partial charge in [0, 0.05) is 18.3 Å². The van der Waals surface area contributed by atoms with E-state index in [1.165, 1.54) is 62.6 Å². The summed E-state index contributed by atoms with van der Waals surface area (Å²) < 4.78 is 0. The van der Waals surface area contributed by atoms with Crippen LogP contribution < -0.4 is 0 Å². The number of rotatable bonds is 5. The van der Waals surface area contributed by atoms with Crippen molar-refractivity contribution in [2.45, 2.75) is 64.3 Å². The van der Waals surface area contributed by atoms with Crippen molar-refractivity contribution in [3.63, 3.8) is 0 Å². The Balaban J connectivity index is 1.66. The second-order valence-electron chi connectivity index (χ2n) is 6.78. The first kappa shape index (κ1) is 15.4. The monoisotopic (exact) mass is 295 g/mol. The minimum absolute atomic E-state index is 0.705. The summed E-state index contributed by atoms with van der Waals surface area (Å²) >= 11 is 0. The number of fused-ring (bicyclic) bond motifs is 1. The summed E-state index contributed by atoms with van der Waals surface area (Å²) in [6.45, 7) is 7.65. The molecule has 22 heavy (non-hydrogen) atoms. The molecule has 1 heteroatoms. The van der Waals surface area contributed by atoms with Crippen LogP contribution in [-0.2, 0) is 12.8 Å². The van der Waals surface area contributed by atoms with Crippen molar-refractivity contribution in [1.29, 1.82) is 0 Å². The Morgan fingerprint density at radius 3 is 2.68 bits per heavy atom. The third kappa shape index (κ3) is 3.45. The first-order valence-corrected chi connectivity index (χ1v) is 9.03. The van der Waals surface area contributed by atoms with Gasteiger partial charge in [-0.1, -0.05) is 50.1 Å². The predicted octanol–water partition coefficient (Wildman–Crippen LogP) is 5.36. The Kier molecular flexibility index (Phi) is 5.02. The molecule has 0 bridgehead atoms. The van der Waals surface area contributed by atoms with Gasteiger partial charge in [0.1, 0.15) is 0 Å². The first-order valence-electron chi connectivity index (χ1n) is 9.03. The maximum atomic E-state index is 4.33. The summed E-state index contributed by atoms with van der Waals surface area (Å²) in [6, 6.07) is 7.63. The van der Waals surface area contributed by atoms with Crippen molar-refractivity contribution in [1.82, 2.24) is 4.90 Å². The summed E-state index contributed by atoms with van der Waals surface area (Å²) in [5.41, 5.74) is 5.59. The lowest BCUT2D eigenvalue weighted by Crippen LogP contribution is -2.35. The van der Waals surface area contributed by atoms with Crippen LogP contribution in [0.2, 0.25) is 0 Å². The average molecular weight is 295 g/mol. The van der Waals surface area contributed by atoms with Gasteiger partial charge in [0.15, 0.2) is 0 Å². The molecular weight excluding hydrogens is 266 g/mol. The van der Waals surface area contributed by atoms with Gasteiger partial charge >= 0.3 is 0 Å². The summed E-state index contributed by atoms with van der Waals surface area (Å²) in [5.74, 6) is 0. The molecule has 0 heterocycles. The van der Waals surface area contributed by atoms with Crippen molar-refractivity contribution in [3.8, 4) is 0 Å². The van der Waals surface area contributed by atoms with Gasteiger partial charge in [0.2, 0.25) is 0 Å². The number of hydrogen-bond acceptors (Lipinski definition) is 1. The number of allylic oxidation sites excluding steroid dienone is 1. The van der Waals surface area contributed by atoms with Crippen LogP contribution in [0.15, 0.2) is 36.6 Å². The normalized spacial score (nSPS) is 18.6. The lowest BCUT2D eigenvalue weighted by Gasteiger charge is -2.35. The number of hydrogen-bond donors (Lipinski definition) is 0. The molecule has 0 N–H and O–H groups in total. The molecule has 1 fully saturated rings. The second-order valence-corrected chi connectivity index (χ2v) is 6.78. The van der Waals surface area contributed by atoms with E-state index >= 15 is 0 Å². The summed E-state index contributed by atoms with van der Waals surface area (Å²) in [4.78, 5) is 2.50. The second kappa shape index (κ2) is 7.17. The third-order valence-electron chi connectivity index (χ3n) is 5.32. The zero-order valence-electron chi connectivity index (χ0n) is 14.0. The van der Waals surface area contributed by atoms with E-state index in [4.69, 9.17) is 0 Å². The van der Waals surface area contributed by atoms with Gasteiger partial charge in [-0.2, -0.15) is 0 Å². The summed E-state index contributed by atoms with van der Waals surface area (Å²) in [7, 11) is 0. The standard InChI is InChI=1S/C21H29N/c1-3-22(21-10-5-4-6-11-21)17(2)12-13-18-14-15-19-8-7-9-20(19)16-18/h12-16,21H,2-11H2,1H3/b13-12+. The minimum Gasteiger partial charge on any atom is -0.369 e. The van der Waals surface area contributed by atoms with Crippen molar-refractivity contribution in [2.24, 2.45) is 0 Å². The molecule has 2 aliphatic carbocycles. The smallest absolute Gasteiger partial charge is 0.0295 e. The van der Waals surface area contributed by atoms with E-state index in [-0.39, 0.29) is 0 Å². The molecule has 118 valence electrons. The van der Waals surface area contributed by atoms with Gasteiger partial charge < -0.3 is 4.90 Å². The Morgan fingerprint density at radius 2 is 1.91 bits per heavy atom. The van der Waals surface area contributed by atoms with Gasteiger partial charge in [-0.15, -0.1) is 0 Å². The SMILES string of the molecule is C=C(/C=C/c1ccc2c(c1)CCC2)N(CC)C1CCCCC1. The highest BCUT2D eigenvalue weighted by Gasteiger charge is 2.19. The number of likely N-dealkylation sites (N-methyl/N-ethyl adjacent to an activating group) is 1. The van der Waals surface area contributed by atoms with Gasteiger partial charge in [-0.05, 0) is 61.8 Å². The fourth-order valence-electron chi connectivity index (χ4n) is 4.07. The van der Waals surface area contributed by atoms with Gasteiger partial charge in [0.25, 0.3) is 0 Å². The number of benzene rings is 1. The quantitative estimate of drug-likeness (QED) is 0.661. The van der Waals surface area contributed by atoms with E-state index in [2.05, 4.69) is 48.8 Å². The maximum Gasteiger partial charge on any atom is 0.0295 e. The fourth-order valence-corrected chi connectivity index (χ4v) is 4.07. The maximum absolute atomic E-state index is 4.33. The Morgan fingerprint density at radius 1 is 1.14 bits per heavy atom. The predicted molar refractivity (Wildman–Crippen MR) is 95.9 cm³/mol. The Bertz CT molecular complexity index is 549. The van der Waals surface area contributed by atoms with Crippen molar-refractivity contribution < 1.29 is 0 Å². The molecular formula is C21H29N. The molecule has 1 aromatic carbocycles. The van der Waals surface area contributed by atoms with Crippen LogP contribution in [0.4, 0.5) is 0 Å². The highest BCUT2D eigenvalue weighted by Crippen LogP contribution is 2.26. The van der Waals surface area contributed by atoms with Crippen molar-refractivity contribution in [2.75, 3.05) is 6.54 Å². The lowest BCUT2D eigenvalue weighted by molar-refractivity contribution is 0.215. The van der Waals surface area contributed by atoms with Gasteiger partial charge in [-0.3, -0.25) is 0 Å². The molecule has 0 aromatic heterocycles.